The van der Waals surface area contributed by atoms with Gasteiger partial charge in [-0.05, 0) is 24.0 Å². The Bertz CT molecular complexity index is 980. The quantitative estimate of drug-likeness (QED) is 0.551. The van der Waals surface area contributed by atoms with E-state index in [9.17, 15) is 9.59 Å². The summed E-state index contributed by atoms with van der Waals surface area (Å²) in [7, 11) is 4.53. The number of esters is 2. The van der Waals surface area contributed by atoms with E-state index in [1.165, 1.54) is 11.3 Å². The van der Waals surface area contributed by atoms with Gasteiger partial charge in [-0.2, -0.15) is 0 Å². The highest BCUT2D eigenvalue weighted by molar-refractivity contribution is 5.70. The van der Waals surface area contributed by atoms with Crippen molar-refractivity contribution in [3.63, 3.8) is 0 Å². The van der Waals surface area contributed by atoms with Crippen molar-refractivity contribution in [2.45, 2.75) is 75.9 Å². The van der Waals surface area contributed by atoms with Crippen LogP contribution in [-0.4, -0.2) is 61.0 Å². The molecule has 5 fully saturated rings. The first kappa shape index (κ1) is 19.6. The highest BCUT2D eigenvalue weighted by Crippen LogP contribution is 2.72. The maximum atomic E-state index is 12.4. The lowest BCUT2D eigenvalue weighted by atomic mass is 9.60. The Morgan fingerprint density at radius 3 is 2.55 bits per heavy atom. The van der Waals surface area contributed by atoms with Gasteiger partial charge in [-0.15, -0.1) is 0 Å². The first-order valence-electron chi connectivity index (χ1n) is 11.8. The molecule has 31 heavy (non-hydrogen) atoms. The van der Waals surface area contributed by atoms with E-state index in [-0.39, 0.29) is 35.7 Å². The number of fused-ring (bicyclic) bond motifs is 2. The van der Waals surface area contributed by atoms with E-state index in [1.54, 1.807) is 13.8 Å². The topological polar surface area (TPSA) is 55.8 Å². The van der Waals surface area contributed by atoms with E-state index in [1.807, 2.05) is 0 Å². The fourth-order valence-electron chi connectivity index (χ4n) is 9.25. The minimum Gasteiger partial charge on any atom is -0.461 e. The normalized spacial score (nSPS) is 47.8. The van der Waals surface area contributed by atoms with Crippen LogP contribution in [0.5, 0.6) is 0 Å². The Morgan fingerprint density at radius 1 is 1.16 bits per heavy atom. The molecule has 5 heterocycles. The molecule has 1 saturated carbocycles. The molecule has 1 aromatic rings. The molecule has 6 heteroatoms. The fourth-order valence-corrected chi connectivity index (χ4v) is 9.25. The number of nitrogens with zero attached hydrogens (tertiary/aromatic N) is 2. The van der Waals surface area contributed by atoms with E-state index >= 15 is 0 Å². The molecule has 5 bridgehead atoms. The van der Waals surface area contributed by atoms with Gasteiger partial charge in [-0.1, -0.05) is 25.1 Å². The molecule has 7 rings (SSSR count). The Balaban J connectivity index is 1.59. The van der Waals surface area contributed by atoms with E-state index in [0.29, 0.717) is 29.8 Å². The molecule has 0 aromatic heterocycles. The number of carbonyl (C=O) groups excluding carboxylic acids is 2. The molecule has 6 aliphatic rings. The number of hydrogen-bond donors (Lipinski definition) is 0. The first-order valence-corrected chi connectivity index (χ1v) is 11.8. The SMILES string of the molecule is CC[C@@H]1[C@@H]2C[C@H]3[C@@H]4N(C)c5ccccc5[C@]45C[C@@H](C2C5OC(C)=O)[N+]3(C)[C@H]1OC(C)=O. The third-order valence-corrected chi connectivity index (χ3v) is 9.90. The zero-order valence-corrected chi connectivity index (χ0v) is 19.1. The average molecular weight is 426 g/mol. The van der Waals surface area contributed by atoms with Gasteiger partial charge >= 0.3 is 11.9 Å². The van der Waals surface area contributed by atoms with Crippen LogP contribution < -0.4 is 4.90 Å². The summed E-state index contributed by atoms with van der Waals surface area (Å²) in [4.78, 5) is 27.0. The number of hydrogen-bond acceptors (Lipinski definition) is 5. The second kappa shape index (κ2) is 6.03. The highest BCUT2D eigenvalue weighted by atomic mass is 16.6. The van der Waals surface area contributed by atoms with Gasteiger partial charge in [0.1, 0.15) is 12.1 Å². The summed E-state index contributed by atoms with van der Waals surface area (Å²) in [6.07, 6.45) is 2.84. The summed E-state index contributed by atoms with van der Waals surface area (Å²) < 4.78 is 13.2. The maximum Gasteiger partial charge on any atom is 0.307 e. The molecule has 0 N–H and O–H groups in total. The number of piperidine rings is 4. The Kier molecular flexibility index (Phi) is 3.81. The number of carbonyl (C=O) groups is 2. The lowest BCUT2D eigenvalue weighted by molar-refractivity contribution is -1.02. The van der Waals surface area contributed by atoms with E-state index in [0.717, 1.165) is 23.7 Å². The second-order valence-electron chi connectivity index (χ2n) is 10.8. The van der Waals surface area contributed by atoms with Gasteiger partial charge in [0.25, 0.3) is 0 Å². The van der Waals surface area contributed by atoms with Crippen molar-refractivity contribution < 1.29 is 23.5 Å². The molecule has 3 unspecified atom stereocenters. The molecule has 1 spiro atoms. The van der Waals surface area contributed by atoms with Gasteiger partial charge in [0.2, 0.25) is 6.23 Å². The molecule has 5 aliphatic heterocycles. The largest absolute Gasteiger partial charge is 0.461 e. The first-order chi connectivity index (χ1) is 14.8. The lowest BCUT2D eigenvalue weighted by Crippen LogP contribution is -2.81. The summed E-state index contributed by atoms with van der Waals surface area (Å²) in [6.45, 7) is 5.31. The summed E-state index contributed by atoms with van der Waals surface area (Å²) in [6, 6.07) is 9.63. The van der Waals surface area contributed by atoms with Crippen molar-refractivity contribution in [3.05, 3.63) is 29.8 Å². The molecule has 166 valence electrons. The molecule has 4 saturated heterocycles. The summed E-state index contributed by atoms with van der Waals surface area (Å²) >= 11 is 0. The van der Waals surface area contributed by atoms with Gasteiger partial charge < -0.3 is 14.4 Å². The summed E-state index contributed by atoms with van der Waals surface area (Å²) in [5.41, 5.74) is 2.43. The van der Waals surface area contributed by atoms with E-state index < -0.39 is 0 Å². The fraction of sp³-hybridized carbons (Fsp3) is 0.680. The third-order valence-electron chi connectivity index (χ3n) is 9.90. The van der Waals surface area contributed by atoms with Crippen LogP contribution in [0.2, 0.25) is 0 Å². The Labute approximate surface area is 184 Å². The number of likely N-dealkylation sites (N-methyl/N-ethyl adjacent to an activating group) is 2. The van der Waals surface area contributed by atoms with Gasteiger partial charge in [0, 0.05) is 39.4 Å². The van der Waals surface area contributed by atoms with Crippen LogP contribution in [0.4, 0.5) is 5.69 Å². The second-order valence-corrected chi connectivity index (χ2v) is 10.8. The van der Waals surface area contributed by atoms with Crippen molar-refractivity contribution in [1.29, 1.82) is 0 Å². The van der Waals surface area contributed by atoms with E-state index in [2.05, 4.69) is 50.2 Å². The highest BCUT2D eigenvalue weighted by Gasteiger charge is 2.83. The molecular formula is C25H33N2O4+. The predicted octanol–water partition coefficient (Wildman–Crippen LogP) is 2.84. The molecule has 1 aromatic carbocycles. The van der Waals surface area contributed by atoms with Crippen LogP contribution in [0.25, 0.3) is 0 Å². The summed E-state index contributed by atoms with van der Waals surface area (Å²) in [5.74, 6) is 0.666. The van der Waals surface area contributed by atoms with Crippen molar-refractivity contribution in [1.82, 2.24) is 0 Å². The Hall–Kier alpha value is -2.08. The number of anilines is 1. The van der Waals surface area contributed by atoms with Crippen LogP contribution in [0.1, 0.15) is 45.6 Å². The zero-order chi connectivity index (χ0) is 21.9. The van der Waals surface area contributed by atoms with Crippen molar-refractivity contribution in [2.24, 2.45) is 17.8 Å². The van der Waals surface area contributed by atoms with Gasteiger partial charge in [-0.25, -0.2) is 0 Å². The van der Waals surface area contributed by atoms with Crippen LogP contribution in [0, 0.1) is 17.8 Å². The molecule has 0 amide bonds. The summed E-state index contributed by atoms with van der Waals surface area (Å²) in [5, 5.41) is 0. The van der Waals surface area contributed by atoms with Gasteiger partial charge in [0.05, 0.1) is 36.4 Å². The number of quaternary nitrogens is 1. The minimum absolute atomic E-state index is 0.112. The average Bonchev–Trinajstić information content (AvgIpc) is 3.11. The molecule has 0 radical (unpaired) electrons. The van der Waals surface area contributed by atoms with Crippen LogP contribution >= 0.6 is 0 Å². The van der Waals surface area contributed by atoms with Gasteiger partial charge in [-0.3, -0.25) is 14.1 Å². The van der Waals surface area contributed by atoms with Gasteiger partial charge in [0.15, 0.2) is 0 Å². The van der Waals surface area contributed by atoms with E-state index in [4.69, 9.17) is 9.47 Å². The third kappa shape index (κ3) is 2.04. The zero-order valence-electron chi connectivity index (χ0n) is 19.1. The smallest absolute Gasteiger partial charge is 0.307 e. The molecule has 10 atom stereocenters. The van der Waals surface area contributed by atoms with Crippen LogP contribution in [-0.2, 0) is 24.5 Å². The maximum absolute atomic E-state index is 12.4. The number of ether oxygens (including phenoxy) is 2. The minimum atomic E-state index is -0.185. The van der Waals surface area contributed by atoms with Crippen LogP contribution in [0.3, 0.4) is 0 Å². The molecule has 6 nitrogen and oxygen atoms in total. The standard InChI is InChI=1S/C25H33N2O4/c1-6-15-16-11-19-22-25(17-9-7-8-10-18(17)26(22)4)12-20(21(16)23(25)30-13(2)28)27(19,5)24(15)31-14(3)29/h7-10,15-16,19-24H,6,11-12H2,1-5H3/q+1/t15-,16+,19+,20+,21?,22+,23?,24+,25-,27?/m1/s1. The number of para-hydroxylation sites is 1. The van der Waals surface area contributed by atoms with Crippen molar-refractivity contribution >= 4 is 17.6 Å². The van der Waals surface area contributed by atoms with Crippen molar-refractivity contribution in [2.75, 3.05) is 19.0 Å². The monoisotopic (exact) mass is 425 g/mol. The number of rotatable bonds is 3. The van der Waals surface area contributed by atoms with Crippen molar-refractivity contribution in [3.8, 4) is 0 Å². The number of benzene rings is 1. The predicted molar refractivity (Wildman–Crippen MR) is 115 cm³/mol. The molecular weight excluding hydrogens is 392 g/mol. The lowest BCUT2D eigenvalue weighted by Gasteiger charge is -2.66. The Morgan fingerprint density at radius 2 is 1.87 bits per heavy atom. The van der Waals surface area contributed by atoms with Crippen LogP contribution in [0.15, 0.2) is 24.3 Å². The molecule has 1 aliphatic carbocycles.